The van der Waals surface area contributed by atoms with Gasteiger partial charge in [0.25, 0.3) is 0 Å². The molecule has 8 heteroatoms. The van der Waals surface area contributed by atoms with Gasteiger partial charge in [-0.25, -0.2) is 13.6 Å². The van der Waals surface area contributed by atoms with Gasteiger partial charge in [-0.2, -0.15) is 5.10 Å². The predicted octanol–water partition coefficient (Wildman–Crippen LogP) is -0.574. The highest BCUT2D eigenvalue weighted by Gasteiger charge is 2.33. The molecule has 1 amide bonds. The zero-order chi connectivity index (χ0) is 13.3. The molecule has 2 heterocycles. The van der Waals surface area contributed by atoms with Gasteiger partial charge in [0.15, 0.2) is 5.82 Å². The summed E-state index contributed by atoms with van der Waals surface area (Å²) in [5.41, 5.74) is 0.756. The molecule has 7 nitrogen and oxygen atoms in total. The molecule has 1 saturated heterocycles. The lowest BCUT2D eigenvalue weighted by Gasteiger charge is -2.14. The molecular weight excluding hydrogens is 256 g/mol. The fourth-order valence-electron chi connectivity index (χ4n) is 1.98. The van der Waals surface area contributed by atoms with E-state index >= 15 is 0 Å². The Balaban J connectivity index is 2.12. The largest absolute Gasteiger partial charge is 0.295 e. The lowest BCUT2D eigenvalue weighted by Crippen LogP contribution is -2.28. The number of primary sulfonamides is 1. The van der Waals surface area contributed by atoms with Gasteiger partial charge in [-0.1, -0.05) is 0 Å². The molecule has 1 aromatic heterocycles. The third-order valence-corrected chi connectivity index (χ3v) is 3.67. The van der Waals surface area contributed by atoms with Crippen LogP contribution in [0.15, 0.2) is 12.1 Å². The van der Waals surface area contributed by atoms with Crippen LogP contribution in [0.3, 0.4) is 0 Å². The lowest BCUT2D eigenvalue weighted by molar-refractivity contribution is -0.117. The first-order valence-electron chi connectivity index (χ1n) is 5.46. The summed E-state index contributed by atoms with van der Waals surface area (Å²) < 4.78 is 22.0. The molecule has 2 rings (SSSR count). The molecule has 0 saturated carbocycles. The molecule has 18 heavy (non-hydrogen) atoms. The molecule has 1 unspecified atom stereocenters. The first kappa shape index (κ1) is 12.9. The summed E-state index contributed by atoms with van der Waals surface area (Å²) in [7, 11) is -3.56. The predicted molar refractivity (Wildman–Crippen MR) is 65.2 cm³/mol. The molecule has 0 radical (unpaired) electrons. The highest BCUT2D eigenvalue weighted by Crippen LogP contribution is 2.23. The van der Waals surface area contributed by atoms with E-state index in [4.69, 9.17) is 5.14 Å². The first-order valence-corrected chi connectivity index (χ1v) is 7.18. The SMILES string of the molecule is Cc1ccc(N2CC(CS(N)(=O)=O)CC2=O)nn1. The summed E-state index contributed by atoms with van der Waals surface area (Å²) in [6, 6.07) is 3.45. The number of aromatic nitrogens is 2. The second-order valence-electron chi connectivity index (χ2n) is 4.44. The van der Waals surface area contributed by atoms with Crippen molar-refractivity contribution in [2.24, 2.45) is 11.1 Å². The minimum Gasteiger partial charge on any atom is -0.295 e. The molecule has 0 aromatic carbocycles. The van der Waals surface area contributed by atoms with Gasteiger partial charge < -0.3 is 0 Å². The molecule has 1 aliphatic heterocycles. The summed E-state index contributed by atoms with van der Waals surface area (Å²) in [6.07, 6.45) is 0.173. The number of aryl methyl sites for hydroxylation is 1. The summed E-state index contributed by atoms with van der Waals surface area (Å²) in [5, 5.41) is 12.8. The van der Waals surface area contributed by atoms with Crippen molar-refractivity contribution in [3.63, 3.8) is 0 Å². The molecular formula is C10H14N4O3S. The first-order chi connectivity index (χ1) is 8.35. The van der Waals surface area contributed by atoms with Crippen LogP contribution in [0.2, 0.25) is 0 Å². The minimum atomic E-state index is -3.56. The second kappa shape index (κ2) is 4.62. The van der Waals surface area contributed by atoms with Gasteiger partial charge in [-0.3, -0.25) is 9.69 Å². The van der Waals surface area contributed by atoms with Crippen LogP contribution in [0.4, 0.5) is 5.82 Å². The van der Waals surface area contributed by atoms with Crippen molar-refractivity contribution in [2.75, 3.05) is 17.2 Å². The summed E-state index contributed by atoms with van der Waals surface area (Å²) in [5.74, 6) is -0.172. The number of hydrogen-bond donors (Lipinski definition) is 1. The monoisotopic (exact) mass is 270 g/mol. The lowest BCUT2D eigenvalue weighted by atomic mass is 10.1. The number of anilines is 1. The van der Waals surface area contributed by atoms with E-state index in [0.29, 0.717) is 12.4 Å². The zero-order valence-electron chi connectivity index (χ0n) is 9.91. The topological polar surface area (TPSA) is 106 Å². The standard InChI is InChI=1S/C10H14N4O3S/c1-7-2-3-9(13-12-7)14-5-8(4-10(14)15)6-18(11,16)17/h2-3,8H,4-6H2,1H3,(H2,11,16,17). The van der Waals surface area contributed by atoms with Crippen molar-refractivity contribution in [1.82, 2.24) is 10.2 Å². The van der Waals surface area contributed by atoms with Crippen molar-refractivity contribution in [1.29, 1.82) is 0 Å². The summed E-state index contributed by atoms with van der Waals surface area (Å²) in [6.45, 7) is 2.11. The van der Waals surface area contributed by atoms with Crippen LogP contribution in [0.1, 0.15) is 12.1 Å². The Morgan fingerprint density at radius 2 is 2.17 bits per heavy atom. The minimum absolute atomic E-state index is 0.151. The van der Waals surface area contributed by atoms with E-state index in [0.717, 1.165) is 5.69 Å². The Bertz CT molecular complexity index is 555. The van der Waals surface area contributed by atoms with Crippen LogP contribution in [0.5, 0.6) is 0 Å². The van der Waals surface area contributed by atoms with Gasteiger partial charge in [0, 0.05) is 18.9 Å². The van der Waals surface area contributed by atoms with E-state index in [1.165, 1.54) is 4.90 Å². The maximum atomic E-state index is 11.8. The van der Waals surface area contributed by atoms with Crippen LogP contribution in [0, 0.1) is 12.8 Å². The third kappa shape index (κ3) is 3.02. The molecule has 1 atom stereocenters. The molecule has 1 aliphatic rings. The Morgan fingerprint density at radius 3 is 2.72 bits per heavy atom. The Labute approximate surface area is 105 Å². The van der Waals surface area contributed by atoms with E-state index in [2.05, 4.69) is 10.2 Å². The molecule has 0 aliphatic carbocycles. The number of rotatable bonds is 3. The van der Waals surface area contributed by atoms with Crippen molar-refractivity contribution in [3.8, 4) is 0 Å². The molecule has 1 aromatic rings. The van der Waals surface area contributed by atoms with E-state index in [-0.39, 0.29) is 24.0 Å². The number of hydrogen-bond acceptors (Lipinski definition) is 5. The number of nitrogens with zero attached hydrogens (tertiary/aromatic N) is 3. The number of nitrogens with two attached hydrogens (primary N) is 1. The molecule has 2 N–H and O–H groups in total. The number of carbonyl (C=O) groups is 1. The zero-order valence-corrected chi connectivity index (χ0v) is 10.7. The van der Waals surface area contributed by atoms with Gasteiger partial charge >= 0.3 is 0 Å². The average molecular weight is 270 g/mol. The molecule has 98 valence electrons. The van der Waals surface area contributed by atoms with Crippen molar-refractivity contribution in [3.05, 3.63) is 17.8 Å². The second-order valence-corrected chi connectivity index (χ2v) is 6.10. The summed E-state index contributed by atoms with van der Waals surface area (Å²) >= 11 is 0. The normalized spacial score (nSPS) is 20.4. The fraction of sp³-hybridized carbons (Fsp3) is 0.500. The fourth-order valence-corrected chi connectivity index (χ4v) is 2.86. The molecule has 0 spiro atoms. The van der Waals surface area contributed by atoms with Crippen molar-refractivity contribution in [2.45, 2.75) is 13.3 Å². The quantitative estimate of drug-likeness (QED) is 0.791. The van der Waals surface area contributed by atoms with Crippen molar-refractivity contribution >= 4 is 21.7 Å². The number of sulfonamides is 1. The van der Waals surface area contributed by atoms with Gasteiger partial charge in [0.05, 0.1) is 11.4 Å². The van der Waals surface area contributed by atoms with E-state index < -0.39 is 10.0 Å². The maximum Gasteiger partial charge on any atom is 0.228 e. The van der Waals surface area contributed by atoms with Crippen molar-refractivity contribution < 1.29 is 13.2 Å². The van der Waals surface area contributed by atoms with Crippen LogP contribution in [0.25, 0.3) is 0 Å². The van der Waals surface area contributed by atoms with Gasteiger partial charge in [0.2, 0.25) is 15.9 Å². The number of carbonyl (C=O) groups excluding carboxylic acids is 1. The van der Waals surface area contributed by atoms with Crippen LogP contribution < -0.4 is 10.0 Å². The highest BCUT2D eigenvalue weighted by atomic mass is 32.2. The van der Waals surface area contributed by atoms with E-state index in [9.17, 15) is 13.2 Å². The smallest absolute Gasteiger partial charge is 0.228 e. The highest BCUT2D eigenvalue weighted by molar-refractivity contribution is 7.89. The Hall–Kier alpha value is -1.54. The van der Waals surface area contributed by atoms with Crippen LogP contribution >= 0.6 is 0 Å². The van der Waals surface area contributed by atoms with Crippen LogP contribution in [-0.2, 0) is 14.8 Å². The van der Waals surface area contributed by atoms with Gasteiger partial charge in [-0.05, 0) is 19.1 Å². The van der Waals surface area contributed by atoms with E-state index in [1.54, 1.807) is 19.1 Å². The van der Waals surface area contributed by atoms with E-state index in [1.807, 2.05) is 0 Å². The Kier molecular flexibility index (Phi) is 3.31. The van der Waals surface area contributed by atoms with Gasteiger partial charge in [0.1, 0.15) is 0 Å². The summed E-state index contributed by atoms with van der Waals surface area (Å²) in [4.78, 5) is 13.2. The third-order valence-electron chi connectivity index (χ3n) is 2.73. The van der Waals surface area contributed by atoms with Crippen LogP contribution in [-0.4, -0.2) is 36.8 Å². The average Bonchev–Trinajstić information content (AvgIpc) is 2.58. The molecule has 0 bridgehead atoms. The maximum absolute atomic E-state index is 11.8. The molecule has 1 fully saturated rings. The number of amides is 1. The van der Waals surface area contributed by atoms with Gasteiger partial charge in [-0.15, -0.1) is 5.10 Å². The Morgan fingerprint density at radius 1 is 1.44 bits per heavy atom.